The number of allylic oxidation sites excluding steroid dienone is 4. The van der Waals surface area contributed by atoms with Crippen molar-refractivity contribution in [1.29, 1.82) is 0 Å². The van der Waals surface area contributed by atoms with Gasteiger partial charge in [-0.1, -0.05) is 154 Å². The molecule has 1 N–H and O–H groups in total. The van der Waals surface area contributed by atoms with Gasteiger partial charge in [0.05, 0.1) is 5.75 Å². The lowest BCUT2D eigenvalue weighted by molar-refractivity contribution is 0.558. The highest BCUT2D eigenvalue weighted by molar-refractivity contribution is 7.89. The average molecular weight is 582 g/mol. The maximum Gasteiger partial charge on any atom is 0.211 e. The van der Waals surface area contributed by atoms with E-state index in [9.17, 15) is 8.42 Å². The number of nitrogens with one attached hydrogen (secondary N) is 1. The van der Waals surface area contributed by atoms with Gasteiger partial charge in [-0.15, -0.1) is 0 Å². The molecule has 0 aliphatic rings. The van der Waals surface area contributed by atoms with Gasteiger partial charge in [-0.2, -0.15) is 0 Å². The maximum absolute atomic E-state index is 12.2. The van der Waals surface area contributed by atoms with Crippen molar-refractivity contribution >= 4 is 10.0 Å². The van der Waals surface area contributed by atoms with E-state index in [0.717, 1.165) is 32.1 Å². The molecule has 0 bridgehead atoms. The second kappa shape index (κ2) is 32.9. The van der Waals surface area contributed by atoms with E-state index in [0.29, 0.717) is 12.3 Å². The summed E-state index contributed by atoms with van der Waals surface area (Å²) in [7, 11) is -3.09. The first-order valence-electron chi connectivity index (χ1n) is 17.9. The summed E-state index contributed by atoms with van der Waals surface area (Å²) in [5.41, 5.74) is 0. The lowest BCUT2D eigenvalue weighted by atomic mass is 10.1. The molecule has 4 heteroatoms. The van der Waals surface area contributed by atoms with Crippen LogP contribution in [0.1, 0.15) is 194 Å². The fourth-order valence-corrected chi connectivity index (χ4v) is 6.40. The van der Waals surface area contributed by atoms with Crippen LogP contribution >= 0.6 is 0 Å². The molecule has 3 nitrogen and oxygen atoms in total. The van der Waals surface area contributed by atoms with Gasteiger partial charge < -0.3 is 0 Å². The van der Waals surface area contributed by atoms with Crippen LogP contribution in [0.25, 0.3) is 0 Å². The Morgan fingerprint density at radius 2 is 0.700 bits per heavy atom. The second-order valence-corrected chi connectivity index (χ2v) is 14.0. The highest BCUT2D eigenvalue weighted by Gasteiger charge is 2.08. The summed E-state index contributed by atoms with van der Waals surface area (Å²) in [6.07, 6.45) is 44.8. The van der Waals surface area contributed by atoms with Gasteiger partial charge in [0.15, 0.2) is 0 Å². The van der Waals surface area contributed by atoms with Crippen molar-refractivity contribution in [2.45, 2.75) is 194 Å². The van der Waals surface area contributed by atoms with Crippen LogP contribution < -0.4 is 4.72 Å². The standard InChI is InChI=1S/C36H71NO2S/c1-3-5-7-9-11-13-15-17-19-21-23-25-27-29-31-33-35-37-40(38,39)36-34-32-30-28-26-24-22-20-18-16-14-12-10-8-6-4-2/h17-20,37H,3-16,21-36H2,1-2H3/b19-17-,20-18-. The van der Waals surface area contributed by atoms with Gasteiger partial charge in [0, 0.05) is 6.54 Å². The zero-order valence-electron chi connectivity index (χ0n) is 27.2. The molecule has 0 aromatic heterocycles. The zero-order chi connectivity index (χ0) is 29.2. The monoisotopic (exact) mass is 582 g/mol. The van der Waals surface area contributed by atoms with E-state index < -0.39 is 10.0 Å². The van der Waals surface area contributed by atoms with Crippen molar-refractivity contribution in [2.24, 2.45) is 0 Å². The molecule has 0 aliphatic carbocycles. The van der Waals surface area contributed by atoms with Gasteiger partial charge in [-0.3, -0.25) is 0 Å². The summed E-state index contributed by atoms with van der Waals surface area (Å²) >= 11 is 0. The van der Waals surface area contributed by atoms with Gasteiger partial charge in [-0.05, 0) is 64.2 Å². The Kier molecular flexibility index (Phi) is 32.4. The molecule has 0 aromatic carbocycles. The van der Waals surface area contributed by atoms with Crippen LogP contribution in [0.3, 0.4) is 0 Å². The van der Waals surface area contributed by atoms with E-state index in [1.54, 1.807) is 0 Å². The van der Waals surface area contributed by atoms with Gasteiger partial charge in [-0.25, -0.2) is 13.1 Å². The molecular formula is C36H71NO2S. The molecule has 0 rings (SSSR count). The molecule has 0 saturated carbocycles. The molecule has 0 amide bonds. The number of hydrogen-bond acceptors (Lipinski definition) is 2. The Hall–Kier alpha value is -0.610. The molecular weight excluding hydrogens is 510 g/mol. The van der Waals surface area contributed by atoms with Gasteiger partial charge in [0.25, 0.3) is 0 Å². The number of unbranched alkanes of at least 4 members (excludes halogenated alkanes) is 24. The molecule has 0 fully saturated rings. The predicted octanol–water partition coefficient (Wildman–Crippen LogP) is 12.0. The number of rotatable bonds is 33. The second-order valence-electron chi connectivity index (χ2n) is 12.1. The van der Waals surface area contributed by atoms with Crippen LogP contribution in [0.15, 0.2) is 24.3 Å². The Morgan fingerprint density at radius 3 is 1.07 bits per heavy atom. The highest BCUT2D eigenvalue weighted by atomic mass is 32.2. The predicted molar refractivity (Wildman–Crippen MR) is 181 cm³/mol. The molecule has 0 spiro atoms. The zero-order valence-corrected chi connectivity index (χ0v) is 28.1. The van der Waals surface area contributed by atoms with Crippen molar-refractivity contribution in [3.8, 4) is 0 Å². The first-order chi connectivity index (χ1) is 19.6. The minimum absolute atomic E-state index is 0.292. The summed E-state index contributed by atoms with van der Waals surface area (Å²) < 4.78 is 27.2. The molecule has 0 radical (unpaired) electrons. The minimum Gasteiger partial charge on any atom is -0.215 e. The first kappa shape index (κ1) is 39.4. The quantitative estimate of drug-likeness (QED) is 0.0619. The van der Waals surface area contributed by atoms with Crippen molar-refractivity contribution in [2.75, 3.05) is 12.3 Å². The third-order valence-corrected chi connectivity index (χ3v) is 9.41. The Balaban J connectivity index is 3.36. The summed E-state index contributed by atoms with van der Waals surface area (Å²) in [6.45, 7) is 5.15. The molecule has 238 valence electrons. The van der Waals surface area contributed by atoms with E-state index in [2.05, 4.69) is 42.9 Å². The van der Waals surface area contributed by atoms with Crippen LogP contribution in [0.2, 0.25) is 0 Å². The van der Waals surface area contributed by atoms with Crippen molar-refractivity contribution in [1.82, 2.24) is 4.72 Å². The van der Waals surface area contributed by atoms with E-state index >= 15 is 0 Å². The van der Waals surface area contributed by atoms with Crippen molar-refractivity contribution in [3.63, 3.8) is 0 Å². The lowest BCUT2D eigenvalue weighted by Crippen LogP contribution is -2.27. The van der Waals surface area contributed by atoms with E-state index in [1.165, 1.54) is 148 Å². The molecule has 0 aliphatic heterocycles. The molecule has 0 unspecified atom stereocenters. The van der Waals surface area contributed by atoms with Gasteiger partial charge in [0.1, 0.15) is 0 Å². The van der Waals surface area contributed by atoms with E-state index in [1.807, 2.05) is 0 Å². The molecule has 0 atom stereocenters. The SMILES string of the molecule is CCCCCCCC/C=C\CCCCCCCCNS(=O)(=O)CCCCCCCC/C=C\CCCCCCCC. The lowest BCUT2D eigenvalue weighted by Gasteiger charge is -2.07. The molecule has 0 heterocycles. The smallest absolute Gasteiger partial charge is 0.211 e. The molecule has 40 heavy (non-hydrogen) atoms. The van der Waals surface area contributed by atoms with Crippen LogP contribution in [0.5, 0.6) is 0 Å². The molecule has 0 saturated heterocycles. The minimum atomic E-state index is -3.09. The highest BCUT2D eigenvalue weighted by Crippen LogP contribution is 2.12. The summed E-state index contributed by atoms with van der Waals surface area (Å²) in [4.78, 5) is 0. The Morgan fingerprint density at radius 1 is 0.400 bits per heavy atom. The van der Waals surface area contributed by atoms with Gasteiger partial charge >= 0.3 is 0 Å². The normalized spacial score (nSPS) is 12.3. The first-order valence-corrected chi connectivity index (χ1v) is 19.5. The fraction of sp³-hybridized carbons (Fsp3) is 0.889. The van der Waals surface area contributed by atoms with E-state index in [-0.39, 0.29) is 0 Å². The van der Waals surface area contributed by atoms with Crippen LogP contribution in [-0.4, -0.2) is 20.7 Å². The van der Waals surface area contributed by atoms with Crippen molar-refractivity contribution in [3.05, 3.63) is 24.3 Å². The summed E-state index contributed by atoms with van der Waals surface area (Å²) in [5.74, 6) is 0.292. The maximum atomic E-state index is 12.2. The van der Waals surface area contributed by atoms with E-state index in [4.69, 9.17) is 0 Å². The summed E-state index contributed by atoms with van der Waals surface area (Å²) in [6, 6.07) is 0. The van der Waals surface area contributed by atoms with Crippen LogP contribution in [0.4, 0.5) is 0 Å². The largest absolute Gasteiger partial charge is 0.215 e. The van der Waals surface area contributed by atoms with Crippen molar-refractivity contribution < 1.29 is 8.42 Å². The van der Waals surface area contributed by atoms with Crippen LogP contribution in [-0.2, 0) is 10.0 Å². The third-order valence-electron chi connectivity index (χ3n) is 7.94. The summed E-state index contributed by atoms with van der Waals surface area (Å²) in [5, 5.41) is 0. The molecule has 0 aromatic rings. The number of hydrogen-bond donors (Lipinski definition) is 1. The van der Waals surface area contributed by atoms with Crippen LogP contribution in [0, 0.1) is 0 Å². The Bertz CT molecular complexity index is 641. The third kappa shape index (κ3) is 33.6. The van der Waals surface area contributed by atoms with Gasteiger partial charge in [0.2, 0.25) is 10.0 Å². The Labute approximate surface area is 252 Å². The number of sulfonamides is 1. The fourth-order valence-electron chi connectivity index (χ4n) is 5.21. The average Bonchev–Trinajstić information content (AvgIpc) is 2.94. The topological polar surface area (TPSA) is 46.2 Å².